The van der Waals surface area contributed by atoms with Crippen molar-refractivity contribution >= 4 is 0 Å². The summed E-state index contributed by atoms with van der Waals surface area (Å²) in [5.74, 6) is 0. The van der Waals surface area contributed by atoms with E-state index in [-0.39, 0.29) is 0 Å². The van der Waals surface area contributed by atoms with E-state index in [1.165, 1.54) is 44.1 Å². The molecule has 1 nitrogen and oxygen atoms in total. The van der Waals surface area contributed by atoms with E-state index in [1.807, 2.05) is 0 Å². The normalized spacial score (nSPS) is 10.0. The van der Waals surface area contributed by atoms with Crippen molar-refractivity contribution in [1.29, 1.82) is 5.26 Å². The number of nitrogens with zero attached hydrogens (tertiary/aromatic N) is 1. The van der Waals surface area contributed by atoms with Crippen LogP contribution in [0.4, 0.5) is 0 Å². The minimum atomic E-state index is 0.525. The molecule has 0 amide bonds. The maximum atomic E-state index is 8.56. The smallest absolute Gasteiger partial charge is 0.0669 e. The number of hydrogen-bond donors (Lipinski definition) is 0. The highest BCUT2D eigenvalue weighted by Crippen LogP contribution is 2.10. The van der Waals surface area contributed by atoms with Crippen LogP contribution in [0.5, 0.6) is 0 Å². The van der Waals surface area contributed by atoms with Gasteiger partial charge in [-0.2, -0.15) is 5.26 Å². The van der Waals surface area contributed by atoms with Crippen LogP contribution in [0, 0.1) is 11.3 Å². The van der Waals surface area contributed by atoms with E-state index in [0.717, 1.165) is 5.56 Å². The quantitative estimate of drug-likeness (QED) is 0.623. The zero-order valence-corrected chi connectivity index (χ0v) is 10.2. The number of nitriles is 1. The van der Waals surface area contributed by atoms with E-state index in [2.05, 4.69) is 37.3 Å². The fraction of sp³-hybridized carbons (Fsp3) is 0.533. The van der Waals surface area contributed by atoms with Gasteiger partial charge in [-0.15, -0.1) is 0 Å². The summed E-state index contributed by atoms with van der Waals surface area (Å²) in [6.07, 6.45) is 8.37. The molecular weight excluding hydrogens is 194 g/mol. The molecule has 0 aliphatic carbocycles. The van der Waals surface area contributed by atoms with E-state index in [0.29, 0.717) is 6.42 Å². The molecule has 0 saturated heterocycles. The molecule has 0 aliphatic heterocycles. The molecule has 0 radical (unpaired) electrons. The Morgan fingerprint density at radius 2 is 1.56 bits per heavy atom. The van der Waals surface area contributed by atoms with Gasteiger partial charge in [0.15, 0.2) is 0 Å². The van der Waals surface area contributed by atoms with Crippen LogP contribution in [-0.2, 0) is 12.8 Å². The molecule has 0 N–H and O–H groups in total. The highest BCUT2D eigenvalue weighted by molar-refractivity contribution is 5.24. The van der Waals surface area contributed by atoms with Gasteiger partial charge in [-0.25, -0.2) is 0 Å². The van der Waals surface area contributed by atoms with E-state index < -0.39 is 0 Å². The molecule has 0 heterocycles. The fourth-order valence-electron chi connectivity index (χ4n) is 1.85. The monoisotopic (exact) mass is 215 g/mol. The van der Waals surface area contributed by atoms with Gasteiger partial charge < -0.3 is 0 Å². The zero-order valence-electron chi connectivity index (χ0n) is 10.2. The lowest BCUT2D eigenvalue weighted by Gasteiger charge is -2.02. The second-order valence-corrected chi connectivity index (χ2v) is 4.32. The molecule has 0 aromatic heterocycles. The molecule has 0 atom stereocenters. The Kier molecular flexibility index (Phi) is 6.33. The highest BCUT2D eigenvalue weighted by atomic mass is 14.2. The van der Waals surface area contributed by atoms with E-state index >= 15 is 0 Å². The topological polar surface area (TPSA) is 23.8 Å². The summed E-state index contributed by atoms with van der Waals surface area (Å²) in [5.41, 5.74) is 2.52. The second-order valence-electron chi connectivity index (χ2n) is 4.32. The lowest BCUT2D eigenvalue weighted by molar-refractivity contribution is 0.632. The van der Waals surface area contributed by atoms with Crippen LogP contribution < -0.4 is 0 Å². The van der Waals surface area contributed by atoms with Gasteiger partial charge >= 0.3 is 0 Å². The van der Waals surface area contributed by atoms with Gasteiger partial charge in [-0.1, -0.05) is 56.9 Å². The first-order valence-electron chi connectivity index (χ1n) is 6.31. The Hall–Kier alpha value is -1.29. The summed E-state index contributed by atoms with van der Waals surface area (Å²) >= 11 is 0. The summed E-state index contributed by atoms with van der Waals surface area (Å²) in [7, 11) is 0. The molecule has 86 valence electrons. The van der Waals surface area contributed by atoms with Crippen molar-refractivity contribution in [3.8, 4) is 6.07 Å². The lowest BCUT2D eigenvalue weighted by Crippen LogP contribution is -1.87. The third kappa shape index (κ3) is 4.98. The van der Waals surface area contributed by atoms with Crippen molar-refractivity contribution in [3.63, 3.8) is 0 Å². The van der Waals surface area contributed by atoms with Crippen molar-refractivity contribution < 1.29 is 0 Å². The molecule has 16 heavy (non-hydrogen) atoms. The third-order valence-electron chi connectivity index (χ3n) is 2.88. The molecule has 0 spiro atoms. The average molecular weight is 215 g/mol. The molecule has 1 aromatic rings. The van der Waals surface area contributed by atoms with Crippen molar-refractivity contribution in [2.75, 3.05) is 0 Å². The number of rotatable bonds is 7. The molecule has 0 bridgehead atoms. The zero-order chi connectivity index (χ0) is 11.6. The van der Waals surface area contributed by atoms with Crippen LogP contribution in [-0.4, -0.2) is 0 Å². The Balaban J connectivity index is 2.24. The van der Waals surface area contributed by atoms with E-state index in [4.69, 9.17) is 5.26 Å². The molecule has 0 aliphatic rings. The summed E-state index contributed by atoms with van der Waals surface area (Å²) in [4.78, 5) is 0. The molecule has 1 aromatic carbocycles. The summed E-state index contributed by atoms with van der Waals surface area (Å²) in [5, 5.41) is 8.56. The Labute approximate surface area is 99.1 Å². The summed E-state index contributed by atoms with van der Waals surface area (Å²) in [6.45, 7) is 2.24. The van der Waals surface area contributed by atoms with Gasteiger partial charge in [0.2, 0.25) is 0 Å². The largest absolute Gasteiger partial charge is 0.198 e. The molecule has 0 unspecified atom stereocenters. The molecule has 0 saturated carbocycles. The van der Waals surface area contributed by atoms with Gasteiger partial charge in [-0.05, 0) is 24.0 Å². The molecule has 1 heteroatoms. The van der Waals surface area contributed by atoms with Crippen molar-refractivity contribution in [3.05, 3.63) is 35.4 Å². The van der Waals surface area contributed by atoms with E-state index in [1.54, 1.807) is 0 Å². The maximum Gasteiger partial charge on any atom is 0.0669 e. The predicted molar refractivity (Wildman–Crippen MR) is 68.2 cm³/mol. The predicted octanol–water partition coefficient (Wildman–Crippen LogP) is 4.27. The number of unbranched alkanes of at least 4 members (excludes halogenated alkanes) is 4. The lowest BCUT2D eigenvalue weighted by atomic mass is 10.0. The minimum Gasteiger partial charge on any atom is -0.198 e. The standard InChI is InChI=1S/C15H21N/c1-2-3-4-5-6-7-14-8-10-15(11-9-14)12-13-16/h8-11H,2-7,12H2,1H3. The van der Waals surface area contributed by atoms with Crippen LogP contribution in [0.3, 0.4) is 0 Å². The Morgan fingerprint density at radius 3 is 2.19 bits per heavy atom. The van der Waals surface area contributed by atoms with Crippen molar-refractivity contribution in [2.45, 2.75) is 51.9 Å². The highest BCUT2D eigenvalue weighted by Gasteiger charge is 1.95. The number of aryl methyl sites for hydroxylation is 1. The van der Waals surface area contributed by atoms with Crippen LogP contribution >= 0.6 is 0 Å². The first kappa shape index (κ1) is 12.8. The Bertz CT molecular complexity index is 318. The van der Waals surface area contributed by atoms with Gasteiger partial charge in [0.1, 0.15) is 0 Å². The Morgan fingerprint density at radius 1 is 0.938 bits per heavy atom. The number of benzene rings is 1. The van der Waals surface area contributed by atoms with E-state index in [9.17, 15) is 0 Å². The minimum absolute atomic E-state index is 0.525. The van der Waals surface area contributed by atoms with Crippen molar-refractivity contribution in [1.82, 2.24) is 0 Å². The molecule has 0 fully saturated rings. The van der Waals surface area contributed by atoms with Gasteiger partial charge in [0, 0.05) is 0 Å². The average Bonchev–Trinajstić information content (AvgIpc) is 2.31. The first-order valence-corrected chi connectivity index (χ1v) is 6.31. The molecule has 1 rings (SSSR count). The van der Waals surface area contributed by atoms with Gasteiger partial charge in [0.25, 0.3) is 0 Å². The third-order valence-corrected chi connectivity index (χ3v) is 2.88. The van der Waals surface area contributed by atoms with Crippen LogP contribution in [0.15, 0.2) is 24.3 Å². The van der Waals surface area contributed by atoms with Gasteiger partial charge in [0.05, 0.1) is 12.5 Å². The maximum absolute atomic E-state index is 8.56. The van der Waals surface area contributed by atoms with Crippen LogP contribution in [0.1, 0.15) is 50.2 Å². The fourth-order valence-corrected chi connectivity index (χ4v) is 1.85. The summed E-state index contributed by atoms with van der Waals surface area (Å²) in [6, 6.07) is 10.6. The number of hydrogen-bond acceptors (Lipinski definition) is 1. The second kappa shape index (κ2) is 7.93. The SMILES string of the molecule is CCCCCCCc1ccc(CC#N)cc1. The van der Waals surface area contributed by atoms with Crippen LogP contribution in [0.2, 0.25) is 0 Å². The van der Waals surface area contributed by atoms with Gasteiger partial charge in [-0.3, -0.25) is 0 Å². The molecular formula is C15H21N. The first-order chi connectivity index (χ1) is 7.86. The van der Waals surface area contributed by atoms with Crippen molar-refractivity contribution in [2.24, 2.45) is 0 Å². The summed E-state index contributed by atoms with van der Waals surface area (Å²) < 4.78 is 0. The van der Waals surface area contributed by atoms with Crippen LogP contribution in [0.25, 0.3) is 0 Å².